The lowest BCUT2D eigenvalue weighted by molar-refractivity contribution is -0.143. The largest absolute Gasteiger partial charge is 0.466 e. The van der Waals surface area contributed by atoms with Gasteiger partial charge in [0.15, 0.2) is 0 Å². The van der Waals surface area contributed by atoms with E-state index in [4.69, 9.17) is 14.9 Å². The van der Waals surface area contributed by atoms with E-state index >= 15 is 0 Å². The maximum absolute atomic E-state index is 10.7. The number of aliphatic hydroxyl groups excluding tert-OH is 2. The second-order valence-electron chi connectivity index (χ2n) is 3.38. The Morgan fingerprint density at radius 3 is 2.00 bits per heavy atom. The minimum Gasteiger partial charge on any atom is -0.466 e. The van der Waals surface area contributed by atoms with Crippen LogP contribution in [0.3, 0.4) is 0 Å². The van der Waals surface area contributed by atoms with E-state index in [-0.39, 0.29) is 19.2 Å². The molecule has 0 heterocycles. The smallest absolute Gasteiger partial charge is 0.305 e. The fourth-order valence-electron chi connectivity index (χ4n) is 0.838. The number of carbonyl (C=O) groups is 1. The fourth-order valence-corrected chi connectivity index (χ4v) is 0.838. The highest BCUT2D eigenvalue weighted by Gasteiger charge is 1.97. The summed E-state index contributed by atoms with van der Waals surface area (Å²) >= 11 is 0. The fraction of sp³-hybridized carbons (Fsp3) is 0.917. The lowest BCUT2D eigenvalue weighted by Crippen LogP contribution is -2.04. The molecule has 0 unspecified atom stereocenters. The molecule has 0 bridgehead atoms. The Balaban J connectivity index is 0. The summed E-state index contributed by atoms with van der Waals surface area (Å²) in [7, 11) is 0. The monoisotopic (exact) mass is 250 g/mol. The quantitative estimate of drug-likeness (QED) is 0.473. The van der Waals surface area contributed by atoms with Gasteiger partial charge in [0, 0.05) is 6.42 Å². The third-order valence-corrected chi connectivity index (χ3v) is 1.69. The maximum Gasteiger partial charge on any atom is 0.305 e. The molecule has 0 aliphatic carbocycles. The average Bonchev–Trinajstić information content (AvgIpc) is 2.31. The van der Waals surface area contributed by atoms with Gasteiger partial charge in [-0.3, -0.25) is 4.79 Å². The van der Waals surface area contributed by atoms with Gasteiger partial charge in [0.05, 0.1) is 33.0 Å². The summed E-state index contributed by atoms with van der Waals surface area (Å²) < 4.78 is 9.52. The normalized spacial score (nSPS) is 9.41. The Kier molecular flexibility index (Phi) is 19.5. The second kappa shape index (κ2) is 17.7. The van der Waals surface area contributed by atoms with Crippen molar-refractivity contribution < 1.29 is 24.5 Å². The van der Waals surface area contributed by atoms with Crippen molar-refractivity contribution in [3.8, 4) is 0 Å². The van der Waals surface area contributed by atoms with Crippen molar-refractivity contribution >= 4 is 5.97 Å². The Hall–Kier alpha value is -0.650. The van der Waals surface area contributed by atoms with Crippen LogP contribution in [0, 0.1) is 0 Å². The van der Waals surface area contributed by atoms with Gasteiger partial charge in [-0.05, 0) is 12.8 Å². The van der Waals surface area contributed by atoms with Crippen molar-refractivity contribution in [2.75, 3.05) is 33.0 Å². The molecule has 0 saturated carbocycles. The highest BCUT2D eigenvalue weighted by atomic mass is 16.5. The summed E-state index contributed by atoms with van der Waals surface area (Å²) in [6.45, 7) is 5.34. The molecule has 0 aromatic rings. The van der Waals surface area contributed by atoms with E-state index < -0.39 is 0 Å². The van der Waals surface area contributed by atoms with Gasteiger partial charge in [-0.2, -0.15) is 0 Å². The van der Waals surface area contributed by atoms with E-state index in [0.717, 1.165) is 19.3 Å². The molecule has 0 aliphatic heterocycles. The van der Waals surface area contributed by atoms with Gasteiger partial charge >= 0.3 is 5.97 Å². The van der Waals surface area contributed by atoms with Gasteiger partial charge in [0.1, 0.15) is 0 Å². The first-order valence-electron chi connectivity index (χ1n) is 6.17. The Morgan fingerprint density at radius 2 is 1.59 bits per heavy atom. The van der Waals surface area contributed by atoms with E-state index in [9.17, 15) is 4.79 Å². The summed E-state index contributed by atoms with van der Waals surface area (Å²) in [6, 6.07) is 0. The number of hydrogen-bond acceptors (Lipinski definition) is 5. The van der Waals surface area contributed by atoms with Gasteiger partial charge in [0.25, 0.3) is 0 Å². The van der Waals surface area contributed by atoms with Gasteiger partial charge < -0.3 is 19.7 Å². The number of ether oxygens (including phenoxy) is 2. The molecular weight excluding hydrogens is 224 g/mol. The SMILES string of the molecule is CCCCOC(=O)CCC.OCCOCCO. The molecule has 0 aliphatic rings. The van der Waals surface area contributed by atoms with Crippen LogP contribution in [0.2, 0.25) is 0 Å². The third kappa shape index (κ3) is 21.2. The molecule has 2 N–H and O–H groups in total. The van der Waals surface area contributed by atoms with E-state index in [0.29, 0.717) is 26.2 Å². The van der Waals surface area contributed by atoms with Crippen LogP contribution >= 0.6 is 0 Å². The Labute approximate surface area is 104 Å². The number of esters is 1. The van der Waals surface area contributed by atoms with Crippen molar-refractivity contribution in [1.29, 1.82) is 0 Å². The van der Waals surface area contributed by atoms with Crippen LogP contribution in [-0.2, 0) is 14.3 Å². The molecule has 0 saturated heterocycles. The minimum atomic E-state index is -0.0593. The first kappa shape index (κ1) is 18.7. The highest BCUT2D eigenvalue weighted by molar-refractivity contribution is 5.69. The number of unbranched alkanes of at least 4 members (excludes halogenated alkanes) is 1. The van der Waals surface area contributed by atoms with Gasteiger partial charge in [-0.25, -0.2) is 0 Å². The zero-order valence-corrected chi connectivity index (χ0v) is 11.0. The maximum atomic E-state index is 10.7. The van der Waals surface area contributed by atoms with Crippen LogP contribution in [0.15, 0.2) is 0 Å². The number of carbonyl (C=O) groups excluding carboxylic acids is 1. The van der Waals surface area contributed by atoms with Crippen LogP contribution < -0.4 is 0 Å². The molecular formula is C12H26O5. The molecule has 104 valence electrons. The van der Waals surface area contributed by atoms with Crippen LogP contribution in [0.5, 0.6) is 0 Å². The van der Waals surface area contributed by atoms with Gasteiger partial charge in [-0.15, -0.1) is 0 Å². The summed E-state index contributed by atoms with van der Waals surface area (Å²) in [5.74, 6) is -0.0593. The molecule has 0 radical (unpaired) electrons. The second-order valence-corrected chi connectivity index (χ2v) is 3.38. The lowest BCUT2D eigenvalue weighted by atomic mass is 10.3. The topological polar surface area (TPSA) is 76.0 Å². The number of hydrogen-bond donors (Lipinski definition) is 2. The highest BCUT2D eigenvalue weighted by Crippen LogP contribution is 1.93. The van der Waals surface area contributed by atoms with Crippen LogP contribution in [0.4, 0.5) is 0 Å². The first-order valence-corrected chi connectivity index (χ1v) is 6.17. The molecule has 0 atom stereocenters. The molecule has 17 heavy (non-hydrogen) atoms. The zero-order valence-electron chi connectivity index (χ0n) is 11.0. The zero-order chi connectivity index (χ0) is 13.4. The lowest BCUT2D eigenvalue weighted by Gasteiger charge is -2.00. The number of aliphatic hydroxyl groups is 2. The van der Waals surface area contributed by atoms with Crippen LogP contribution in [-0.4, -0.2) is 49.2 Å². The van der Waals surface area contributed by atoms with Crippen LogP contribution in [0.25, 0.3) is 0 Å². The van der Waals surface area contributed by atoms with Crippen molar-refractivity contribution in [1.82, 2.24) is 0 Å². The summed E-state index contributed by atoms with van der Waals surface area (Å²) in [4.78, 5) is 10.7. The standard InChI is InChI=1S/C8H16O2.C4H10O3/c1-3-5-7-10-8(9)6-4-2;5-1-3-7-4-2-6/h3-7H2,1-2H3;5-6H,1-4H2. The summed E-state index contributed by atoms with van der Waals surface area (Å²) in [5, 5.41) is 16.2. The average molecular weight is 250 g/mol. The summed E-state index contributed by atoms with van der Waals surface area (Å²) in [5.41, 5.74) is 0. The Bertz CT molecular complexity index is 146. The summed E-state index contributed by atoms with van der Waals surface area (Å²) in [6.07, 6.45) is 3.50. The molecule has 0 aromatic heterocycles. The van der Waals surface area contributed by atoms with Crippen molar-refractivity contribution in [2.24, 2.45) is 0 Å². The van der Waals surface area contributed by atoms with Crippen molar-refractivity contribution in [3.63, 3.8) is 0 Å². The van der Waals surface area contributed by atoms with Gasteiger partial charge in [0.2, 0.25) is 0 Å². The van der Waals surface area contributed by atoms with Crippen molar-refractivity contribution in [2.45, 2.75) is 39.5 Å². The first-order chi connectivity index (χ1) is 8.22. The van der Waals surface area contributed by atoms with Crippen LogP contribution in [0.1, 0.15) is 39.5 Å². The Morgan fingerprint density at radius 1 is 1.00 bits per heavy atom. The van der Waals surface area contributed by atoms with Crippen molar-refractivity contribution in [3.05, 3.63) is 0 Å². The molecule has 0 amide bonds. The molecule has 0 fully saturated rings. The van der Waals surface area contributed by atoms with Gasteiger partial charge in [-0.1, -0.05) is 20.3 Å². The minimum absolute atomic E-state index is 0.0278. The van der Waals surface area contributed by atoms with E-state index in [1.54, 1.807) is 0 Å². The van der Waals surface area contributed by atoms with E-state index in [1.165, 1.54) is 0 Å². The van der Waals surface area contributed by atoms with E-state index in [2.05, 4.69) is 11.7 Å². The third-order valence-electron chi connectivity index (χ3n) is 1.69. The number of rotatable bonds is 9. The predicted molar refractivity (Wildman–Crippen MR) is 65.8 cm³/mol. The molecule has 0 rings (SSSR count). The van der Waals surface area contributed by atoms with E-state index in [1.807, 2.05) is 6.92 Å². The molecule has 0 aromatic carbocycles. The predicted octanol–water partition coefficient (Wildman–Crippen LogP) is 1.12. The molecule has 5 nitrogen and oxygen atoms in total. The molecule has 5 heteroatoms. The molecule has 0 spiro atoms.